The Labute approximate surface area is 201 Å². The van der Waals surface area contributed by atoms with Gasteiger partial charge in [0.25, 0.3) is 0 Å². The summed E-state index contributed by atoms with van der Waals surface area (Å²) in [5, 5.41) is 0. The molecule has 0 heterocycles. The minimum atomic E-state index is -3.30. The predicted molar refractivity (Wildman–Crippen MR) is 144 cm³/mol. The molecular weight excluding hydrogens is 439 g/mol. The molecule has 31 heavy (non-hydrogen) atoms. The van der Waals surface area contributed by atoms with E-state index < -0.39 is 5.69 Å². The Bertz CT molecular complexity index is 615. The van der Waals surface area contributed by atoms with Crippen LogP contribution in [0.2, 0.25) is 0 Å². The molecule has 2 nitrogen and oxygen atoms in total. The molecule has 1 rings (SSSR count). The Morgan fingerprint density at radius 3 is 1.61 bits per heavy atom. The lowest BCUT2D eigenvalue weighted by molar-refractivity contribution is 0.502. The topological polar surface area (TPSA) is 40.5 Å². The van der Waals surface area contributed by atoms with Gasteiger partial charge in [0.2, 0.25) is 5.69 Å². The Balaban J connectivity index is 2.42. The highest BCUT2D eigenvalue weighted by atomic mass is 32.9. The predicted octanol–water partition coefficient (Wildman–Crippen LogP) is 9.35. The van der Waals surface area contributed by atoms with Crippen LogP contribution in [-0.4, -0.2) is 9.79 Å². The van der Waals surface area contributed by atoms with Crippen LogP contribution in [-0.2, 0) is 24.6 Å². The van der Waals surface area contributed by atoms with E-state index in [0.29, 0.717) is 0 Å². The first kappa shape index (κ1) is 29.2. The summed E-state index contributed by atoms with van der Waals surface area (Å²) in [5.41, 5.74) is -0.763. The van der Waals surface area contributed by atoms with Crippen molar-refractivity contribution < 1.29 is 9.79 Å². The zero-order chi connectivity index (χ0) is 22.8. The van der Waals surface area contributed by atoms with Crippen molar-refractivity contribution in [2.75, 3.05) is 0 Å². The summed E-state index contributed by atoms with van der Waals surface area (Å²) >= 11 is 6.04. The Hall–Kier alpha value is 0.140. The van der Waals surface area contributed by atoms with E-state index in [1.54, 1.807) is 0 Å². The van der Waals surface area contributed by atoms with Gasteiger partial charge in [0.05, 0.1) is 0 Å². The first-order valence-corrected chi connectivity index (χ1v) is 17.0. The third-order valence-electron chi connectivity index (χ3n) is 5.97. The van der Waals surface area contributed by atoms with Gasteiger partial charge in [-0.3, -0.25) is 0 Å². The summed E-state index contributed by atoms with van der Waals surface area (Å²) < 4.78 is 0. The maximum atomic E-state index is 9.88. The zero-order valence-electron chi connectivity index (χ0n) is 20.1. The lowest BCUT2D eigenvalue weighted by atomic mass is 10.0. The minimum Gasteiger partial charge on any atom is -0.337 e. The van der Waals surface area contributed by atoms with Gasteiger partial charge >= 0.3 is 0 Å². The molecule has 0 unspecified atom stereocenters. The normalized spacial score (nSPS) is 11.9. The van der Waals surface area contributed by atoms with E-state index in [-0.39, 0.29) is 0 Å². The van der Waals surface area contributed by atoms with Crippen molar-refractivity contribution in [3.8, 4) is 0 Å². The van der Waals surface area contributed by atoms with Gasteiger partial charge in [0.1, 0.15) is 0 Å². The maximum Gasteiger partial charge on any atom is 0.246 e. The number of hydrogen-bond donors (Lipinski definition) is 2. The Morgan fingerprint density at radius 2 is 1.13 bits per heavy atom. The molecule has 0 saturated heterocycles. The van der Waals surface area contributed by atoms with Crippen molar-refractivity contribution >= 4 is 28.9 Å². The number of aryl methyl sites for hydroxylation is 2. The second-order valence-corrected chi connectivity index (χ2v) is 14.9. The lowest BCUT2D eigenvalue weighted by Crippen LogP contribution is -1.94. The molecule has 0 aliphatic carbocycles. The maximum absolute atomic E-state index is 9.88. The highest BCUT2D eigenvalue weighted by molar-refractivity contribution is 8.67. The number of rotatable bonds is 20. The van der Waals surface area contributed by atoms with Crippen molar-refractivity contribution in [2.45, 2.75) is 134 Å². The number of benzene rings is 1. The molecule has 0 aliphatic rings. The van der Waals surface area contributed by atoms with E-state index >= 15 is 0 Å². The first-order chi connectivity index (χ1) is 15.0. The van der Waals surface area contributed by atoms with E-state index in [9.17, 15) is 9.79 Å². The summed E-state index contributed by atoms with van der Waals surface area (Å²) in [6.45, 7) is 4.52. The molecule has 0 saturated carbocycles. The van der Waals surface area contributed by atoms with E-state index in [1.165, 1.54) is 114 Å². The van der Waals surface area contributed by atoms with Crippen LogP contribution in [0.5, 0.6) is 0 Å². The van der Waals surface area contributed by atoms with Gasteiger partial charge in [-0.15, -0.1) is 0 Å². The standard InChI is InChI=1S/C26H47O2PS2/c1-3-5-7-9-11-13-15-17-19-24-21-22-25(26(23-24)31-29(27,28)30)20-18-16-14-12-10-8-6-4-2/h21-23H,3-20H2,1-2H3,(H2,27,28,30). The lowest BCUT2D eigenvalue weighted by Gasteiger charge is -2.14. The van der Waals surface area contributed by atoms with Crippen LogP contribution >= 0.6 is 17.1 Å². The van der Waals surface area contributed by atoms with Crippen LogP contribution in [0.25, 0.3) is 0 Å². The van der Waals surface area contributed by atoms with Crippen molar-refractivity contribution in [1.82, 2.24) is 0 Å². The molecule has 1 aromatic rings. The molecule has 1 aromatic carbocycles. The van der Waals surface area contributed by atoms with Crippen LogP contribution in [0.4, 0.5) is 0 Å². The molecule has 0 amide bonds. The van der Waals surface area contributed by atoms with Crippen LogP contribution in [0, 0.1) is 0 Å². The summed E-state index contributed by atoms with van der Waals surface area (Å²) in [7, 11) is 0. The second-order valence-electron chi connectivity index (χ2n) is 8.97. The Kier molecular flexibility index (Phi) is 17.5. The molecule has 0 radical (unpaired) electrons. The molecule has 0 bridgehead atoms. The third kappa shape index (κ3) is 16.4. The van der Waals surface area contributed by atoms with Crippen molar-refractivity contribution in [1.29, 1.82) is 0 Å². The molecule has 0 atom stereocenters. The molecule has 0 fully saturated rings. The molecule has 180 valence electrons. The minimum absolute atomic E-state index is 0.994. The van der Waals surface area contributed by atoms with Crippen LogP contribution in [0.3, 0.4) is 0 Å². The summed E-state index contributed by atoms with van der Waals surface area (Å²) in [6, 6.07) is 6.61. The molecular formula is C26H47O2PS2. The smallest absolute Gasteiger partial charge is 0.246 e. The summed E-state index contributed by atoms with van der Waals surface area (Å²) in [5.74, 6) is 0. The quantitative estimate of drug-likeness (QED) is 0.142. The van der Waals surface area contributed by atoms with Crippen molar-refractivity contribution in [3.05, 3.63) is 29.3 Å². The van der Waals surface area contributed by atoms with E-state index in [4.69, 9.17) is 11.8 Å². The van der Waals surface area contributed by atoms with E-state index in [2.05, 4.69) is 32.0 Å². The highest BCUT2D eigenvalue weighted by Gasteiger charge is 2.14. The monoisotopic (exact) mass is 486 g/mol. The van der Waals surface area contributed by atoms with E-state index in [1.807, 2.05) is 0 Å². The number of unbranched alkanes of at least 4 members (excludes halogenated alkanes) is 14. The molecule has 5 heteroatoms. The van der Waals surface area contributed by atoms with Crippen LogP contribution in [0.15, 0.2) is 23.1 Å². The average molecular weight is 487 g/mol. The molecule has 0 aromatic heterocycles. The average Bonchev–Trinajstić information content (AvgIpc) is 2.72. The van der Waals surface area contributed by atoms with Gasteiger partial charge in [0, 0.05) is 4.90 Å². The summed E-state index contributed by atoms with van der Waals surface area (Å²) in [4.78, 5) is 20.7. The van der Waals surface area contributed by atoms with Gasteiger partial charge in [-0.05, 0) is 66.1 Å². The first-order valence-electron chi connectivity index (χ1n) is 12.8. The van der Waals surface area contributed by atoms with Crippen molar-refractivity contribution in [3.63, 3.8) is 0 Å². The van der Waals surface area contributed by atoms with Gasteiger partial charge < -0.3 is 9.79 Å². The highest BCUT2D eigenvalue weighted by Crippen LogP contribution is 2.55. The van der Waals surface area contributed by atoms with Crippen LogP contribution in [0.1, 0.15) is 128 Å². The second kappa shape index (κ2) is 18.6. The van der Waals surface area contributed by atoms with Gasteiger partial charge in [-0.1, -0.05) is 116 Å². The molecule has 2 N–H and O–H groups in total. The molecule has 0 spiro atoms. The zero-order valence-corrected chi connectivity index (χ0v) is 22.6. The van der Waals surface area contributed by atoms with Crippen molar-refractivity contribution in [2.24, 2.45) is 0 Å². The van der Waals surface area contributed by atoms with Crippen LogP contribution < -0.4 is 0 Å². The fraction of sp³-hybridized carbons (Fsp3) is 0.769. The fourth-order valence-corrected chi connectivity index (χ4v) is 6.84. The summed E-state index contributed by atoms with van der Waals surface area (Å²) in [6.07, 6.45) is 23.2. The third-order valence-corrected chi connectivity index (χ3v) is 8.76. The fourth-order valence-electron chi connectivity index (χ4n) is 4.09. The van der Waals surface area contributed by atoms with Gasteiger partial charge in [-0.2, -0.15) is 0 Å². The van der Waals surface area contributed by atoms with Gasteiger partial charge in [0.15, 0.2) is 0 Å². The molecule has 0 aliphatic heterocycles. The van der Waals surface area contributed by atoms with E-state index in [0.717, 1.165) is 29.1 Å². The van der Waals surface area contributed by atoms with Gasteiger partial charge in [-0.25, -0.2) is 0 Å². The Morgan fingerprint density at radius 1 is 0.677 bits per heavy atom. The number of hydrogen-bond acceptors (Lipinski definition) is 2. The largest absolute Gasteiger partial charge is 0.337 e. The SMILES string of the molecule is CCCCCCCCCCc1ccc(CCCCCCCCCC)c(SP(O)(O)=S)c1.